The van der Waals surface area contributed by atoms with Gasteiger partial charge < -0.3 is 4.74 Å². The van der Waals surface area contributed by atoms with Gasteiger partial charge in [-0.1, -0.05) is 24.3 Å². The number of fused-ring (bicyclic) bond motifs is 1. The van der Waals surface area contributed by atoms with Gasteiger partial charge in [0, 0.05) is 4.88 Å². The Balaban J connectivity index is 2.40. The lowest BCUT2D eigenvalue weighted by atomic mass is 10.2. The van der Waals surface area contributed by atoms with Gasteiger partial charge in [-0.3, -0.25) is 4.79 Å². The highest BCUT2D eigenvalue weighted by atomic mass is 32.1. The van der Waals surface area contributed by atoms with Crippen LogP contribution in [0.3, 0.4) is 0 Å². The number of carbonyl (C=O) groups is 1. The maximum Gasteiger partial charge on any atom is 0.293 e. The SMILES string of the molecule is O=COCc1scc2ccccc12. The molecule has 1 aromatic carbocycles. The summed E-state index contributed by atoms with van der Waals surface area (Å²) in [6, 6.07) is 8.07. The highest BCUT2D eigenvalue weighted by molar-refractivity contribution is 7.11. The van der Waals surface area contributed by atoms with E-state index in [9.17, 15) is 4.79 Å². The van der Waals surface area contributed by atoms with Crippen LogP contribution in [-0.2, 0) is 16.1 Å². The van der Waals surface area contributed by atoms with Gasteiger partial charge in [-0.15, -0.1) is 11.3 Å². The van der Waals surface area contributed by atoms with E-state index in [2.05, 4.69) is 11.4 Å². The fourth-order valence-electron chi connectivity index (χ4n) is 1.27. The molecule has 2 nitrogen and oxygen atoms in total. The first-order chi connectivity index (χ1) is 6.42. The van der Waals surface area contributed by atoms with Crippen LogP contribution in [0, 0.1) is 0 Å². The van der Waals surface area contributed by atoms with Crippen molar-refractivity contribution in [1.82, 2.24) is 0 Å². The predicted molar refractivity (Wildman–Crippen MR) is 52.7 cm³/mol. The standard InChI is InChI=1S/C10H8O2S/c11-7-12-5-10-9-4-2-1-3-8(9)6-13-10/h1-4,6-7H,5H2. The van der Waals surface area contributed by atoms with Gasteiger partial charge in [-0.25, -0.2) is 0 Å². The lowest BCUT2D eigenvalue weighted by molar-refractivity contribution is -0.129. The van der Waals surface area contributed by atoms with Crippen LogP contribution in [0.15, 0.2) is 29.6 Å². The molecule has 0 aliphatic carbocycles. The molecule has 0 aliphatic rings. The minimum Gasteiger partial charge on any atom is -0.462 e. The Morgan fingerprint density at radius 2 is 2.23 bits per heavy atom. The molecular weight excluding hydrogens is 184 g/mol. The van der Waals surface area contributed by atoms with E-state index in [1.54, 1.807) is 11.3 Å². The van der Waals surface area contributed by atoms with Crippen LogP contribution < -0.4 is 0 Å². The number of hydrogen-bond donors (Lipinski definition) is 0. The number of benzene rings is 1. The molecule has 66 valence electrons. The van der Waals surface area contributed by atoms with Crippen molar-refractivity contribution >= 4 is 28.6 Å². The van der Waals surface area contributed by atoms with Gasteiger partial charge in [0.2, 0.25) is 0 Å². The topological polar surface area (TPSA) is 26.3 Å². The van der Waals surface area contributed by atoms with Crippen molar-refractivity contribution in [1.29, 1.82) is 0 Å². The number of thiophene rings is 1. The van der Waals surface area contributed by atoms with Crippen LogP contribution in [0.5, 0.6) is 0 Å². The Morgan fingerprint density at radius 1 is 1.38 bits per heavy atom. The van der Waals surface area contributed by atoms with Crippen LogP contribution in [0.25, 0.3) is 10.8 Å². The van der Waals surface area contributed by atoms with Crippen molar-refractivity contribution in [3.63, 3.8) is 0 Å². The molecule has 2 rings (SSSR count). The molecule has 0 bridgehead atoms. The van der Waals surface area contributed by atoms with Gasteiger partial charge in [-0.2, -0.15) is 0 Å². The van der Waals surface area contributed by atoms with Crippen LogP contribution in [0.1, 0.15) is 4.88 Å². The third kappa shape index (κ3) is 1.55. The average Bonchev–Trinajstić information content (AvgIpc) is 2.58. The number of rotatable bonds is 3. The molecule has 0 aliphatic heterocycles. The van der Waals surface area contributed by atoms with Crippen LogP contribution in [-0.4, -0.2) is 6.47 Å². The molecule has 0 saturated heterocycles. The van der Waals surface area contributed by atoms with Gasteiger partial charge in [0.05, 0.1) is 0 Å². The number of ether oxygens (including phenoxy) is 1. The summed E-state index contributed by atoms with van der Waals surface area (Å²) >= 11 is 1.62. The Hall–Kier alpha value is -1.35. The van der Waals surface area contributed by atoms with Crippen molar-refractivity contribution in [3.8, 4) is 0 Å². The molecule has 0 saturated carbocycles. The summed E-state index contributed by atoms with van der Waals surface area (Å²) in [4.78, 5) is 11.1. The van der Waals surface area contributed by atoms with Crippen molar-refractivity contribution in [2.75, 3.05) is 0 Å². The molecule has 0 atom stereocenters. The van der Waals surface area contributed by atoms with Gasteiger partial charge in [0.25, 0.3) is 6.47 Å². The molecule has 1 aromatic heterocycles. The normalized spacial score (nSPS) is 10.2. The quantitative estimate of drug-likeness (QED) is 0.698. The predicted octanol–water partition coefficient (Wildman–Crippen LogP) is 2.57. The Morgan fingerprint density at radius 3 is 3.08 bits per heavy atom. The molecular formula is C10H8O2S. The minimum absolute atomic E-state index is 0.377. The first kappa shape index (κ1) is 8.26. The molecule has 2 aromatic rings. The third-order valence-electron chi connectivity index (χ3n) is 1.87. The van der Waals surface area contributed by atoms with Crippen LogP contribution >= 0.6 is 11.3 Å². The Kier molecular flexibility index (Phi) is 2.27. The van der Waals surface area contributed by atoms with E-state index in [1.165, 1.54) is 10.8 Å². The molecule has 0 fully saturated rings. The Bertz CT molecular complexity index is 420. The Labute approximate surface area is 79.8 Å². The van der Waals surface area contributed by atoms with E-state index in [-0.39, 0.29) is 0 Å². The highest BCUT2D eigenvalue weighted by Gasteiger charge is 2.02. The van der Waals surface area contributed by atoms with E-state index in [0.29, 0.717) is 13.1 Å². The summed E-state index contributed by atoms with van der Waals surface area (Å²) < 4.78 is 4.72. The summed E-state index contributed by atoms with van der Waals surface area (Å²) in [5, 5.41) is 4.45. The molecule has 1 heterocycles. The smallest absolute Gasteiger partial charge is 0.293 e. The average molecular weight is 192 g/mol. The third-order valence-corrected chi connectivity index (χ3v) is 2.87. The minimum atomic E-state index is 0.377. The molecule has 0 spiro atoms. The second-order valence-electron chi connectivity index (χ2n) is 2.65. The van der Waals surface area contributed by atoms with Gasteiger partial charge >= 0.3 is 0 Å². The van der Waals surface area contributed by atoms with Crippen LogP contribution in [0.4, 0.5) is 0 Å². The van der Waals surface area contributed by atoms with Crippen molar-refractivity contribution in [2.24, 2.45) is 0 Å². The lowest BCUT2D eigenvalue weighted by Gasteiger charge is -1.95. The first-order valence-electron chi connectivity index (χ1n) is 3.92. The van der Waals surface area contributed by atoms with E-state index in [0.717, 1.165) is 4.88 Å². The van der Waals surface area contributed by atoms with Crippen molar-refractivity contribution in [2.45, 2.75) is 6.61 Å². The number of carbonyl (C=O) groups excluding carboxylic acids is 1. The molecule has 0 radical (unpaired) electrons. The van der Waals surface area contributed by atoms with E-state index >= 15 is 0 Å². The van der Waals surface area contributed by atoms with Gasteiger partial charge in [0.15, 0.2) is 0 Å². The second-order valence-corrected chi connectivity index (χ2v) is 3.62. The number of hydrogen-bond acceptors (Lipinski definition) is 3. The fourth-order valence-corrected chi connectivity index (χ4v) is 2.20. The zero-order valence-electron chi connectivity index (χ0n) is 6.90. The first-order valence-corrected chi connectivity index (χ1v) is 4.80. The van der Waals surface area contributed by atoms with Gasteiger partial charge in [0.1, 0.15) is 6.61 Å². The highest BCUT2D eigenvalue weighted by Crippen LogP contribution is 2.25. The summed E-state index contributed by atoms with van der Waals surface area (Å²) in [6.45, 7) is 0.857. The monoisotopic (exact) mass is 192 g/mol. The summed E-state index contributed by atoms with van der Waals surface area (Å²) in [5.41, 5.74) is 0. The molecule has 3 heteroatoms. The van der Waals surface area contributed by atoms with Crippen molar-refractivity contribution < 1.29 is 9.53 Å². The summed E-state index contributed by atoms with van der Waals surface area (Å²) in [7, 11) is 0. The van der Waals surface area contributed by atoms with E-state index < -0.39 is 0 Å². The zero-order chi connectivity index (χ0) is 9.10. The fraction of sp³-hybridized carbons (Fsp3) is 0.100. The van der Waals surface area contributed by atoms with Crippen molar-refractivity contribution in [3.05, 3.63) is 34.5 Å². The molecule has 0 amide bonds. The summed E-state index contributed by atoms with van der Waals surface area (Å²) in [5.74, 6) is 0. The lowest BCUT2D eigenvalue weighted by Crippen LogP contribution is -1.86. The maximum atomic E-state index is 10.0. The van der Waals surface area contributed by atoms with Crippen LogP contribution in [0.2, 0.25) is 0 Å². The molecule has 13 heavy (non-hydrogen) atoms. The molecule has 0 N–H and O–H groups in total. The zero-order valence-corrected chi connectivity index (χ0v) is 7.71. The molecule has 0 unspecified atom stereocenters. The largest absolute Gasteiger partial charge is 0.462 e. The summed E-state index contributed by atoms with van der Waals surface area (Å²) in [6.07, 6.45) is 0. The van der Waals surface area contributed by atoms with E-state index in [1.807, 2.05) is 18.2 Å². The van der Waals surface area contributed by atoms with Gasteiger partial charge in [-0.05, 0) is 16.2 Å². The maximum absolute atomic E-state index is 10.0. The second kappa shape index (κ2) is 3.58. The van der Waals surface area contributed by atoms with E-state index in [4.69, 9.17) is 4.74 Å².